The van der Waals surface area contributed by atoms with Gasteiger partial charge in [-0.3, -0.25) is 9.69 Å². The molecule has 26 heavy (non-hydrogen) atoms. The summed E-state index contributed by atoms with van der Waals surface area (Å²) < 4.78 is 5.56. The quantitative estimate of drug-likeness (QED) is 0.783. The minimum Gasteiger partial charge on any atom is -0.496 e. The largest absolute Gasteiger partial charge is 0.496 e. The van der Waals surface area contributed by atoms with Crippen molar-refractivity contribution in [1.82, 2.24) is 10.2 Å². The van der Waals surface area contributed by atoms with Gasteiger partial charge in [0.15, 0.2) is 0 Å². The van der Waals surface area contributed by atoms with Gasteiger partial charge < -0.3 is 15.8 Å². The Kier molecular flexibility index (Phi) is 5.78. The second-order valence-corrected chi connectivity index (χ2v) is 6.79. The van der Waals surface area contributed by atoms with E-state index in [4.69, 9.17) is 10.5 Å². The van der Waals surface area contributed by atoms with E-state index in [9.17, 15) is 4.79 Å². The van der Waals surface area contributed by atoms with Gasteiger partial charge in [0.05, 0.1) is 13.2 Å². The zero-order chi connectivity index (χ0) is 18.5. The van der Waals surface area contributed by atoms with E-state index in [1.54, 1.807) is 13.2 Å². The molecule has 1 amide bonds. The van der Waals surface area contributed by atoms with Crippen LogP contribution in [-0.2, 0) is 0 Å². The lowest BCUT2D eigenvalue weighted by atomic mass is 10.0. The number of anilines is 1. The summed E-state index contributed by atoms with van der Waals surface area (Å²) in [5.41, 5.74) is 9.11. The molecule has 1 heterocycles. The maximum atomic E-state index is 12.7. The molecule has 1 saturated heterocycles. The Balaban J connectivity index is 1.80. The summed E-state index contributed by atoms with van der Waals surface area (Å²) in [5, 5.41) is 3.10. The minimum absolute atomic E-state index is 0.0890. The van der Waals surface area contributed by atoms with E-state index in [0.717, 1.165) is 30.0 Å². The van der Waals surface area contributed by atoms with E-state index in [2.05, 4.69) is 16.3 Å². The minimum atomic E-state index is -0.0890. The topological polar surface area (TPSA) is 67.6 Å². The maximum Gasteiger partial charge on any atom is 0.251 e. The van der Waals surface area contributed by atoms with Gasteiger partial charge in [-0.2, -0.15) is 0 Å². The fourth-order valence-electron chi connectivity index (χ4n) is 3.60. The molecule has 2 aromatic rings. The van der Waals surface area contributed by atoms with Crippen molar-refractivity contribution in [1.29, 1.82) is 0 Å². The first-order valence-electron chi connectivity index (χ1n) is 9.11. The number of benzene rings is 2. The average molecular weight is 353 g/mol. The molecule has 5 heteroatoms. The molecule has 5 nitrogen and oxygen atoms in total. The van der Waals surface area contributed by atoms with Crippen LogP contribution in [0.5, 0.6) is 5.75 Å². The van der Waals surface area contributed by atoms with Crippen LogP contribution >= 0.6 is 0 Å². The molecule has 0 bridgehead atoms. The molecule has 0 radical (unpaired) electrons. The molecule has 3 rings (SSSR count). The first-order chi connectivity index (χ1) is 12.6. The Bertz CT molecular complexity index is 770. The van der Waals surface area contributed by atoms with E-state index in [-0.39, 0.29) is 11.9 Å². The van der Waals surface area contributed by atoms with Crippen LogP contribution in [0.15, 0.2) is 42.5 Å². The lowest BCUT2D eigenvalue weighted by Gasteiger charge is -2.29. The Hall–Kier alpha value is -2.53. The summed E-state index contributed by atoms with van der Waals surface area (Å²) in [6, 6.07) is 13.6. The molecular formula is C21H27N3O2. The summed E-state index contributed by atoms with van der Waals surface area (Å²) in [7, 11) is 1.69. The highest BCUT2D eigenvalue weighted by Gasteiger charge is 2.26. The van der Waals surface area contributed by atoms with Crippen LogP contribution in [0, 0.1) is 6.92 Å². The van der Waals surface area contributed by atoms with Crippen molar-refractivity contribution < 1.29 is 9.53 Å². The fraction of sp³-hybridized carbons (Fsp3) is 0.381. The van der Waals surface area contributed by atoms with Gasteiger partial charge >= 0.3 is 0 Å². The molecule has 1 aliphatic rings. The van der Waals surface area contributed by atoms with Gasteiger partial charge in [0.25, 0.3) is 5.91 Å². The first kappa shape index (κ1) is 18.3. The highest BCUT2D eigenvalue weighted by atomic mass is 16.5. The molecule has 0 spiro atoms. The first-order valence-corrected chi connectivity index (χ1v) is 9.11. The normalized spacial score (nSPS) is 15.6. The number of hydrogen-bond acceptors (Lipinski definition) is 4. The van der Waals surface area contributed by atoms with Crippen LogP contribution in [0.3, 0.4) is 0 Å². The van der Waals surface area contributed by atoms with Crippen molar-refractivity contribution in [2.24, 2.45) is 0 Å². The zero-order valence-corrected chi connectivity index (χ0v) is 15.5. The maximum absolute atomic E-state index is 12.7. The molecule has 0 saturated carbocycles. The van der Waals surface area contributed by atoms with Gasteiger partial charge in [0, 0.05) is 23.4 Å². The number of para-hydroxylation sites is 1. The summed E-state index contributed by atoms with van der Waals surface area (Å²) in [5.74, 6) is 0.771. The Morgan fingerprint density at radius 3 is 2.69 bits per heavy atom. The predicted octanol–water partition coefficient (Wildman–Crippen LogP) is 3.15. The molecule has 1 aliphatic heterocycles. The predicted molar refractivity (Wildman–Crippen MR) is 104 cm³/mol. The molecule has 0 aliphatic carbocycles. The molecule has 0 aromatic heterocycles. The zero-order valence-electron chi connectivity index (χ0n) is 15.5. The summed E-state index contributed by atoms with van der Waals surface area (Å²) in [4.78, 5) is 15.1. The lowest BCUT2D eigenvalue weighted by Crippen LogP contribution is -2.37. The summed E-state index contributed by atoms with van der Waals surface area (Å²) in [6.45, 7) is 4.53. The van der Waals surface area contributed by atoms with E-state index in [0.29, 0.717) is 17.8 Å². The van der Waals surface area contributed by atoms with Gasteiger partial charge in [-0.15, -0.1) is 0 Å². The van der Waals surface area contributed by atoms with Crippen molar-refractivity contribution >= 4 is 11.6 Å². The molecular weight excluding hydrogens is 326 g/mol. The van der Waals surface area contributed by atoms with E-state index in [1.807, 2.05) is 37.3 Å². The van der Waals surface area contributed by atoms with Gasteiger partial charge in [0.1, 0.15) is 5.75 Å². The van der Waals surface area contributed by atoms with E-state index < -0.39 is 0 Å². The average Bonchev–Trinajstić information content (AvgIpc) is 3.18. The third-order valence-corrected chi connectivity index (χ3v) is 5.04. The van der Waals surface area contributed by atoms with Gasteiger partial charge in [-0.25, -0.2) is 0 Å². The molecule has 2 aromatic carbocycles. The lowest BCUT2D eigenvalue weighted by molar-refractivity contribution is 0.0936. The van der Waals surface area contributed by atoms with Crippen LogP contribution in [0.25, 0.3) is 0 Å². The van der Waals surface area contributed by atoms with Crippen molar-refractivity contribution in [2.45, 2.75) is 25.8 Å². The molecule has 1 unspecified atom stereocenters. The van der Waals surface area contributed by atoms with Gasteiger partial charge in [0.2, 0.25) is 0 Å². The fourth-order valence-corrected chi connectivity index (χ4v) is 3.60. The van der Waals surface area contributed by atoms with Crippen molar-refractivity contribution in [3.05, 3.63) is 59.2 Å². The number of carbonyl (C=O) groups excluding carboxylic acids is 1. The van der Waals surface area contributed by atoms with Crippen LogP contribution in [0.2, 0.25) is 0 Å². The number of ether oxygens (including phenoxy) is 1. The Morgan fingerprint density at radius 1 is 1.23 bits per heavy atom. The van der Waals surface area contributed by atoms with Crippen molar-refractivity contribution in [3.63, 3.8) is 0 Å². The number of hydrogen-bond donors (Lipinski definition) is 2. The highest BCUT2D eigenvalue weighted by Crippen LogP contribution is 2.31. The van der Waals surface area contributed by atoms with Gasteiger partial charge in [-0.05, 0) is 56.6 Å². The summed E-state index contributed by atoms with van der Waals surface area (Å²) >= 11 is 0. The Morgan fingerprint density at radius 2 is 1.96 bits per heavy atom. The van der Waals surface area contributed by atoms with Crippen LogP contribution < -0.4 is 15.8 Å². The molecule has 138 valence electrons. The standard InChI is InChI=1S/C21H27N3O2/c1-15-9-10-16(22)13-18(15)21(25)23-14-19(24-11-5-6-12-24)17-7-3-4-8-20(17)26-2/h3-4,7-10,13,19H,5-6,11-12,14,22H2,1-2H3,(H,23,25). The summed E-state index contributed by atoms with van der Waals surface area (Å²) in [6.07, 6.45) is 2.38. The second kappa shape index (κ2) is 8.23. The van der Waals surface area contributed by atoms with Crippen LogP contribution in [0.1, 0.15) is 40.4 Å². The van der Waals surface area contributed by atoms with Crippen LogP contribution in [0.4, 0.5) is 5.69 Å². The van der Waals surface area contributed by atoms with E-state index in [1.165, 1.54) is 12.8 Å². The number of nitrogens with one attached hydrogen (secondary N) is 1. The molecule has 1 atom stereocenters. The number of likely N-dealkylation sites (tertiary alicyclic amines) is 1. The number of carbonyl (C=O) groups is 1. The number of nitrogens with zero attached hydrogens (tertiary/aromatic N) is 1. The third kappa shape index (κ3) is 3.99. The monoisotopic (exact) mass is 353 g/mol. The Labute approximate surface area is 155 Å². The number of nitrogen functional groups attached to an aromatic ring is 1. The number of aryl methyl sites for hydroxylation is 1. The van der Waals surface area contributed by atoms with Crippen molar-refractivity contribution in [2.75, 3.05) is 32.5 Å². The van der Waals surface area contributed by atoms with Crippen LogP contribution in [-0.4, -0.2) is 37.6 Å². The number of amides is 1. The molecule has 3 N–H and O–H groups in total. The SMILES string of the molecule is COc1ccccc1C(CNC(=O)c1cc(N)ccc1C)N1CCCC1. The van der Waals surface area contributed by atoms with Crippen molar-refractivity contribution in [3.8, 4) is 5.75 Å². The van der Waals surface area contributed by atoms with Gasteiger partial charge in [-0.1, -0.05) is 24.3 Å². The molecule has 1 fully saturated rings. The smallest absolute Gasteiger partial charge is 0.251 e. The third-order valence-electron chi connectivity index (χ3n) is 5.04. The van der Waals surface area contributed by atoms with E-state index >= 15 is 0 Å². The highest BCUT2D eigenvalue weighted by molar-refractivity contribution is 5.96. The number of nitrogens with two attached hydrogens (primary N) is 1. The second-order valence-electron chi connectivity index (χ2n) is 6.79. The number of methoxy groups -OCH3 is 1. The number of rotatable bonds is 6.